The number of hydrogen-bond acceptors (Lipinski definition) is 6. The second-order valence-electron chi connectivity index (χ2n) is 8.46. The fraction of sp³-hybridized carbons (Fsp3) is 0.111. The number of thiophene rings is 2. The van der Waals surface area contributed by atoms with Crippen molar-refractivity contribution < 1.29 is 9.59 Å². The summed E-state index contributed by atoms with van der Waals surface area (Å²) in [6.07, 6.45) is 1.38. The van der Waals surface area contributed by atoms with E-state index in [4.69, 9.17) is 5.73 Å². The van der Waals surface area contributed by atoms with Crippen molar-refractivity contribution in [3.63, 3.8) is 0 Å². The molecule has 2 amide bonds. The summed E-state index contributed by atoms with van der Waals surface area (Å²) in [6.45, 7) is 3.78. The lowest BCUT2D eigenvalue weighted by molar-refractivity contribution is -0.116. The molecule has 180 valence electrons. The Morgan fingerprint density at radius 3 is 2.56 bits per heavy atom. The van der Waals surface area contributed by atoms with Crippen LogP contribution in [-0.2, 0) is 11.3 Å². The number of nitrogens with one attached hydrogen (secondary N) is 1. The minimum atomic E-state index is -0.639. The number of hydrogen-bond donors (Lipinski definition) is 2. The Morgan fingerprint density at radius 2 is 1.83 bits per heavy atom. The Bertz CT molecular complexity index is 1680. The number of fused-ring (bicyclic) bond motifs is 1. The molecule has 2 aromatic carbocycles. The van der Waals surface area contributed by atoms with E-state index < -0.39 is 11.8 Å². The highest BCUT2D eigenvalue weighted by Crippen LogP contribution is 2.35. The highest BCUT2D eigenvalue weighted by atomic mass is 32.1. The molecular weight excluding hydrogens is 492 g/mol. The predicted molar refractivity (Wildman–Crippen MR) is 146 cm³/mol. The number of carbonyl (C=O) groups excluding carboxylic acids is 2. The van der Waals surface area contributed by atoms with Crippen LogP contribution in [0, 0.1) is 13.8 Å². The van der Waals surface area contributed by atoms with Crippen LogP contribution in [0.5, 0.6) is 0 Å². The van der Waals surface area contributed by atoms with Gasteiger partial charge >= 0.3 is 0 Å². The van der Waals surface area contributed by atoms with Crippen molar-refractivity contribution in [3.8, 4) is 21.6 Å². The zero-order chi connectivity index (χ0) is 25.4. The summed E-state index contributed by atoms with van der Waals surface area (Å²) in [5.74, 6) is -1.09. The van der Waals surface area contributed by atoms with Gasteiger partial charge in [-0.05, 0) is 36.6 Å². The monoisotopic (exact) mass is 514 g/mol. The third-order valence-electron chi connectivity index (χ3n) is 5.86. The van der Waals surface area contributed by atoms with Crippen LogP contribution in [0.2, 0.25) is 0 Å². The molecule has 0 bridgehead atoms. The normalized spacial score (nSPS) is 11.1. The number of nitrogens with two attached hydrogens (primary N) is 1. The summed E-state index contributed by atoms with van der Waals surface area (Å²) >= 11 is 2.65. The molecule has 0 saturated heterocycles. The van der Waals surface area contributed by atoms with E-state index in [0.717, 1.165) is 32.7 Å². The van der Waals surface area contributed by atoms with E-state index >= 15 is 0 Å². The van der Waals surface area contributed by atoms with Crippen LogP contribution in [0.15, 0.2) is 71.1 Å². The van der Waals surface area contributed by atoms with Gasteiger partial charge in [0.2, 0.25) is 5.91 Å². The molecule has 36 heavy (non-hydrogen) atoms. The van der Waals surface area contributed by atoms with Gasteiger partial charge in [0.05, 0.1) is 17.3 Å². The minimum Gasteiger partial charge on any atom is -0.366 e. The smallest absolute Gasteiger partial charge is 0.263 e. The molecule has 0 spiro atoms. The first-order valence-corrected chi connectivity index (χ1v) is 12.8. The van der Waals surface area contributed by atoms with E-state index in [9.17, 15) is 14.4 Å². The van der Waals surface area contributed by atoms with Crippen LogP contribution < -0.4 is 16.6 Å². The summed E-state index contributed by atoms with van der Waals surface area (Å²) < 4.78 is 1.28. The van der Waals surface area contributed by atoms with Gasteiger partial charge in [0, 0.05) is 15.8 Å². The van der Waals surface area contributed by atoms with Gasteiger partial charge in [-0.3, -0.25) is 19.0 Å². The van der Waals surface area contributed by atoms with Crippen LogP contribution in [-0.4, -0.2) is 21.4 Å². The molecule has 0 unspecified atom stereocenters. The topological polar surface area (TPSA) is 107 Å². The maximum Gasteiger partial charge on any atom is 0.263 e. The molecule has 0 atom stereocenters. The minimum absolute atomic E-state index is 0.225. The van der Waals surface area contributed by atoms with Crippen LogP contribution in [0.3, 0.4) is 0 Å². The highest BCUT2D eigenvalue weighted by molar-refractivity contribution is 7.20. The Kier molecular flexibility index (Phi) is 6.26. The van der Waals surface area contributed by atoms with Gasteiger partial charge in [0.15, 0.2) is 0 Å². The van der Waals surface area contributed by atoms with Crippen LogP contribution >= 0.6 is 22.7 Å². The second-order valence-corrected chi connectivity index (χ2v) is 10.4. The molecule has 7 nitrogen and oxygen atoms in total. The van der Waals surface area contributed by atoms with Crippen molar-refractivity contribution in [1.82, 2.24) is 9.55 Å². The second kappa shape index (κ2) is 9.52. The summed E-state index contributed by atoms with van der Waals surface area (Å²) in [7, 11) is 0. The molecule has 5 aromatic rings. The third-order valence-corrected chi connectivity index (χ3v) is 7.84. The molecule has 0 saturated carbocycles. The predicted octanol–water partition coefficient (Wildman–Crippen LogP) is 5.21. The lowest BCUT2D eigenvalue weighted by Crippen LogP contribution is -2.28. The maximum atomic E-state index is 13.4. The van der Waals surface area contributed by atoms with Crippen molar-refractivity contribution >= 4 is 49.7 Å². The number of aryl methyl sites for hydroxylation is 2. The molecule has 0 aliphatic heterocycles. The van der Waals surface area contributed by atoms with Crippen molar-refractivity contribution in [2.24, 2.45) is 5.73 Å². The van der Waals surface area contributed by atoms with E-state index in [1.165, 1.54) is 33.6 Å². The van der Waals surface area contributed by atoms with Crippen molar-refractivity contribution in [3.05, 3.63) is 93.3 Å². The summed E-state index contributed by atoms with van der Waals surface area (Å²) in [4.78, 5) is 44.2. The average Bonchev–Trinajstić information content (AvgIpc) is 3.47. The molecular formula is C27H22N4O3S2. The van der Waals surface area contributed by atoms with Crippen LogP contribution in [0.25, 0.3) is 31.8 Å². The fourth-order valence-corrected chi connectivity index (χ4v) is 6.11. The molecule has 3 N–H and O–H groups in total. The lowest BCUT2D eigenvalue weighted by Gasteiger charge is -2.09. The molecule has 3 heterocycles. The highest BCUT2D eigenvalue weighted by Gasteiger charge is 2.19. The number of primary amides is 1. The number of nitrogens with zero attached hydrogens (tertiary/aromatic N) is 2. The first-order chi connectivity index (χ1) is 17.3. The molecule has 0 radical (unpaired) electrons. The Hall–Kier alpha value is -4.08. The van der Waals surface area contributed by atoms with Crippen molar-refractivity contribution in [1.29, 1.82) is 0 Å². The standard InChI is InChI=1S/C27H22N4O3S2/c1-15-8-9-18(16(2)10-15)20-13-35-26-23(20)27(34)31(14-29-26)12-22(32)30-25-19(24(28)33)11-21(36-25)17-6-4-3-5-7-17/h3-11,13-14H,12H2,1-2H3,(H2,28,33)(H,30,32). The van der Waals surface area contributed by atoms with E-state index in [2.05, 4.69) is 16.4 Å². The number of anilines is 1. The third kappa shape index (κ3) is 4.46. The van der Waals surface area contributed by atoms with Crippen molar-refractivity contribution in [2.75, 3.05) is 5.32 Å². The van der Waals surface area contributed by atoms with E-state index in [1.54, 1.807) is 6.07 Å². The molecule has 0 aliphatic rings. The van der Waals surface area contributed by atoms with Crippen molar-refractivity contribution in [2.45, 2.75) is 20.4 Å². The van der Waals surface area contributed by atoms with Gasteiger partial charge in [0.1, 0.15) is 16.4 Å². The zero-order valence-electron chi connectivity index (χ0n) is 19.6. The van der Waals surface area contributed by atoms with E-state index in [1.807, 2.05) is 61.7 Å². The van der Waals surface area contributed by atoms with Gasteiger partial charge in [-0.1, -0.05) is 54.1 Å². The SMILES string of the molecule is Cc1ccc(-c2csc3ncn(CC(=O)Nc4sc(-c5ccccc5)cc4C(N)=O)c(=O)c23)c(C)c1. The number of amides is 2. The largest absolute Gasteiger partial charge is 0.366 e. The van der Waals surface area contributed by atoms with Gasteiger partial charge in [-0.2, -0.15) is 0 Å². The molecule has 9 heteroatoms. The maximum absolute atomic E-state index is 13.4. The molecule has 5 rings (SSSR count). The number of benzene rings is 2. The van der Waals surface area contributed by atoms with Gasteiger partial charge in [0.25, 0.3) is 11.5 Å². The van der Waals surface area contributed by atoms with Crippen LogP contribution in [0.1, 0.15) is 21.5 Å². The lowest BCUT2D eigenvalue weighted by atomic mass is 9.99. The average molecular weight is 515 g/mol. The summed E-state index contributed by atoms with van der Waals surface area (Å²) in [5.41, 5.74) is 10.4. The number of rotatable bonds is 6. The van der Waals surface area contributed by atoms with Gasteiger partial charge in [-0.25, -0.2) is 4.98 Å². The first-order valence-electron chi connectivity index (χ1n) is 11.1. The molecule has 0 aliphatic carbocycles. The van der Waals surface area contributed by atoms with E-state index in [-0.39, 0.29) is 17.7 Å². The number of aromatic nitrogens is 2. The molecule has 0 fully saturated rings. The van der Waals surface area contributed by atoms with Crippen LogP contribution in [0.4, 0.5) is 5.00 Å². The van der Waals surface area contributed by atoms with Gasteiger partial charge in [-0.15, -0.1) is 22.7 Å². The number of carbonyl (C=O) groups is 2. The summed E-state index contributed by atoms with van der Waals surface area (Å²) in [6, 6.07) is 17.3. The molecule has 3 aromatic heterocycles. The van der Waals surface area contributed by atoms with Gasteiger partial charge < -0.3 is 11.1 Å². The fourth-order valence-electron chi connectivity index (χ4n) is 4.13. The quantitative estimate of drug-likeness (QED) is 0.324. The first kappa shape index (κ1) is 23.7. The zero-order valence-corrected chi connectivity index (χ0v) is 21.2. The van der Waals surface area contributed by atoms with E-state index in [0.29, 0.717) is 15.2 Å². The Balaban J connectivity index is 1.45. The summed E-state index contributed by atoms with van der Waals surface area (Å²) in [5, 5.41) is 5.52. The Labute approximate surface area is 214 Å². The Morgan fingerprint density at radius 1 is 1.06 bits per heavy atom.